The van der Waals surface area contributed by atoms with Crippen molar-refractivity contribution in [2.45, 2.75) is 30.6 Å². The summed E-state index contributed by atoms with van der Waals surface area (Å²) in [7, 11) is 0. The predicted octanol–water partition coefficient (Wildman–Crippen LogP) is 5.97. The lowest BCUT2D eigenvalue weighted by Crippen LogP contribution is -2.20. The molecular formula is C28H26N2O3S. The number of para-hydroxylation sites is 2. The van der Waals surface area contributed by atoms with Gasteiger partial charge >= 0.3 is 0 Å². The van der Waals surface area contributed by atoms with E-state index in [2.05, 4.69) is 23.5 Å². The monoisotopic (exact) mass is 470 g/mol. The molecule has 1 heterocycles. The molecule has 5 rings (SSSR count). The topological polar surface area (TPSA) is 60.3 Å². The third kappa shape index (κ3) is 4.87. The van der Waals surface area contributed by atoms with Crippen molar-refractivity contribution < 1.29 is 14.3 Å². The van der Waals surface area contributed by atoms with Crippen LogP contribution in [0.4, 0.5) is 5.69 Å². The molecule has 4 aromatic rings. The zero-order valence-electron chi connectivity index (χ0n) is 18.8. The largest absolute Gasteiger partial charge is 0.484 e. The first kappa shape index (κ1) is 22.3. The van der Waals surface area contributed by atoms with E-state index in [4.69, 9.17) is 4.74 Å². The molecule has 1 aliphatic carbocycles. The van der Waals surface area contributed by atoms with E-state index in [1.54, 1.807) is 0 Å². The molecule has 34 heavy (non-hydrogen) atoms. The van der Waals surface area contributed by atoms with Crippen molar-refractivity contribution in [2.75, 3.05) is 17.7 Å². The molecule has 5 nitrogen and oxygen atoms in total. The summed E-state index contributed by atoms with van der Waals surface area (Å²) in [6.45, 7) is -0.0514. The van der Waals surface area contributed by atoms with Crippen LogP contribution in [0.15, 0.2) is 83.8 Å². The molecule has 172 valence electrons. The van der Waals surface area contributed by atoms with Crippen LogP contribution in [0, 0.1) is 0 Å². The second-order valence-electron chi connectivity index (χ2n) is 8.34. The van der Waals surface area contributed by atoms with Gasteiger partial charge in [0.1, 0.15) is 5.75 Å². The van der Waals surface area contributed by atoms with Gasteiger partial charge in [-0.15, -0.1) is 11.8 Å². The molecule has 0 saturated heterocycles. The maximum absolute atomic E-state index is 13.2. The summed E-state index contributed by atoms with van der Waals surface area (Å²) in [5.41, 5.74) is 4.25. The van der Waals surface area contributed by atoms with E-state index in [9.17, 15) is 9.59 Å². The Morgan fingerprint density at radius 3 is 2.44 bits per heavy atom. The van der Waals surface area contributed by atoms with Crippen LogP contribution in [0.25, 0.3) is 10.9 Å². The van der Waals surface area contributed by atoms with Crippen LogP contribution in [0.1, 0.15) is 28.9 Å². The molecule has 0 fully saturated rings. The van der Waals surface area contributed by atoms with Crippen LogP contribution in [0.2, 0.25) is 0 Å². The molecule has 0 unspecified atom stereocenters. The van der Waals surface area contributed by atoms with Crippen molar-refractivity contribution in [3.63, 3.8) is 0 Å². The number of aromatic nitrogens is 1. The third-order valence-corrected chi connectivity index (χ3v) is 7.04. The van der Waals surface area contributed by atoms with Crippen LogP contribution in [0.5, 0.6) is 5.75 Å². The van der Waals surface area contributed by atoms with E-state index < -0.39 is 0 Å². The Kier molecular flexibility index (Phi) is 6.67. The number of ether oxygens (including phenoxy) is 1. The molecule has 1 amide bonds. The summed E-state index contributed by atoms with van der Waals surface area (Å²) in [5, 5.41) is 4.05. The molecule has 0 bridgehead atoms. The van der Waals surface area contributed by atoms with Gasteiger partial charge in [-0.05, 0) is 73.7 Å². The molecular weight excluding hydrogens is 444 g/mol. The smallest absolute Gasteiger partial charge is 0.262 e. The zero-order chi connectivity index (χ0) is 23.3. The minimum atomic E-state index is -0.219. The van der Waals surface area contributed by atoms with Gasteiger partial charge in [0.15, 0.2) is 6.61 Å². The number of fused-ring (bicyclic) bond motifs is 3. The number of hydrogen-bond acceptors (Lipinski definition) is 4. The number of aryl methyl sites for hydroxylation is 1. The van der Waals surface area contributed by atoms with Gasteiger partial charge < -0.3 is 10.1 Å². The van der Waals surface area contributed by atoms with E-state index in [-0.39, 0.29) is 18.4 Å². The Morgan fingerprint density at radius 2 is 1.62 bits per heavy atom. The minimum Gasteiger partial charge on any atom is -0.484 e. The Bertz CT molecular complexity index is 1310. The highest BCUT2D eigenvalue weighted by Gasteiger charge is 2.23. The quantitative estimate of drug-likeness (QED) is 0.338. The van der Waals surface area contributed by atoms with Crippen molar-refractivity contribution >= 4 is 40.2 Å². The SMILES string of the molecule is O=C(COc1ccccc1)Nc1ccc(SCC(=O)n2c3c(c4ccccc42)CCCC3)cc1. The van der Waals surface area contributed by atoms with Crippen LogP contribution in [0.3, 0.4) is 0 Å². The Balaban J connectivity index is 1.19. The molecule has 0 saturated carbocycles. The van der Waals surface area contributed by atoms with Gasteiger partial charge in [0, 0.05) is 21.7 Å². The van der Waals surface area contributed by atoms with Gasteiger partial charge in [0.25, 0.3) is 5.91 Å². The van der Waals surface area contributed by atoms with E-state index in [1.165, 1.54) is 34.8 Å². The number of thioether (sulfide) groups is 1. The number of amides is 1. The molecule has 1 aliphatic rings. The Morgan fingerprint density at radius 1 is 0.882 bits per heavy atom. The van der Waals surface area contributed by atoms with Crippen LogP contribution < -0.4 is 10.1 Å². The zero-order valence-corrected chi connectivity index (χ0v) is 19.6. The van der Waals surface area contributed by atoms with Gasteiger partial charge in [-0.1, -0.05) is 36.4 Å². The van der Waals surface area contributed by atoms with E-state index in [0.717, 1.165) is 29.7 Å². The summed E-state index contributed by atoms with van der Waals surface area (Å²) >= 11 is 1.51. The number of carbonyl (C=O) groups is 2. The van der Waals surface area contributed by atoms with Gasteiger partial charge in [-0.3, -0.25) is 14.2 Å². The average Bonchev–Trinajstić information content (AvgIpc) is 3.22. The summed E-state index contributed by atoms with van der Waals surface area (Å²) in [6.07, 6.45) is 4.33. The first-order valence-electron chi connectivity index (χ1n) is 11.5. The van der Waals surface area contributed by atoms with Crippen molar-refractivity contribution in [3.8, 4) is 5.75 Å². The van der Waals surface area contributed by atoms with E-state index in [1.807, 2.05) is 65.2 Å². The normalized spacial score (nSPS) is 12.8. The molecule has 1 aromatic heterocycles. The van der Waals surface area contributed by atoms with Gasteiger partial charge in [-0.2, -0.15) is 0 Å². The molecule has 3 aromatic carbocycles. The van der Waals surface area contributed by atoms with Gasteiger partial charge in [0.2, 0.25) is 5.91 Å². The van der Waals surface area contributed by atoms with Gasteiger partial charge in [-0.25, -0.2) is 0 Å². The molecule has 1 N–H and O–H groups in total. The molecule has 0 radical (unpaired) electrons. The van der Waals surface area contributed by atoms with Crippen LogP contribution in [-0.4, -0.2) is 28.7 Å². The van der Waals surface area contributed by atoms with E-state index >= 15 is 0 Å². The number of carbonyl (C=O) groups excluding carboxylic acids is 2. The third-order valence-electron chi connectivity index (χ3n) is 6.04. The van der Waals surface area contributed by atoms with Crippen molar-refractivity contribution in [1.29, 1.82) is 0 Å². The number of nitrogens with zero attached hydrogens (tertiary/aromatic N) is 1. The second kappa shape index (κ2) is 10.2. The number of benzene rings is 3. The Labute approximate surface area is 203 Å². The van der Waals surface area contributed by atoms with Crippen LogP contribution >= 0.6 is 11.8 Å². The molecule has 6 heteroatoms. The van der Waals surface area contributed by atoms with Crippen molar-refractivity contribution in [1.82, 2.24) is 4.57 Å². The van der Waals surface area contributed by atoms with E-state index in [0.29, 0.717) is 17.2 Å². The fourth-order valence-electron chi connectivity index (χ4n) is 4.49. The average molecular weight is 471 g/mol. The standard InChI is InChI=1S/C28H26N2O3S/c31-27(18-33-21-8-2-1-3-9-21)29-20-14-16-22(17-15-20)34-19-28(32)30-25-12-6-4-10-23(25)24-11-5-7-13-26(24)30/h1-4,6,8-10,12,14-17H,5,7,11,13,18-19H2,(H,29,31). The number of anilines is 1. The lowest BCUT2D eigenvalue weighted by atomic mass is 9.96. The number of nitrogens with one attached hydrogen (secondary N) is 1. The molecule has 0 spiro atoms. The van der Waals surface area contributed by atoms with Crippen LogP contribution in [-0.2, 0) is 17.6 Å². The van der Waals surface area contributed by atoms with Gasteiger partial charge in [0.05, 0.1) is 11.3 Å². The fraction of sp³-hybridized carbons (Fsp3) is 0.214. The highest BCUT2D eigenvalue weighted by Crippen LogP contribution is 2.32. The summed E-state index contributed by atoms with van der Waals surface area (Å²) in [6, 6.07) is 25.0. The lowest BCUT2D eigenvalue weighted by Gasteiger charge is -2.15. The maximum atomic E-state index is 13.2. The summed E-state index contributed by atoms with van der Waals surface area (Å²) in [5.74, 6) is 0.913. The number of rotatable bonds is 7. The first-order chi connectivity index (χ1) is 16.7. The molecule has 0 atom stereocenters. The summed E-state index contributed by atoms with van der Waals surface area (Å²) < 4.78 is 7.42. The maximum Gasteiger partial charge on any atom is 0.262 e. The minimum absolute atomic E-state index is 0.0514. The van der Waals surface area contributed by atoms with Crippen molar-refractivity contribution in [3.05, 3.63) is 90.1 Å². The van der Waals surface area contributed by atoms with Crippen molar-refractivity contribution in [2.24, 2.45) is 0 Å². The lowest BCUT2D eigenvalue weighted by molar-refractivity contribution is -0.118. The Hall–Kier alpha value is -3.51. The highest BCUT2D eigenvalue weighted by atomic mass is 32.2. The summed E-state index contributed by atoms with van der Waals surface area (Å²) in [4.78, 5) is 26.4. The first-order valence-corrected chi connectivity index (χ1v) is 12.5. The predicted molar refractivity (Wildman–Crippen MR) is 137 cm³/mol. The highest BCUT2D eigenvalue weighted by molar-refractivity contribution is 8.00. The fourth-order valence-corrected chi connectivity index (χ4v) is 5.23. The number of hydrogen-bond donors (Lipinski definition) is 1. The molecule has 0 aliphatic heterocycles. The second-order valence-corrected chi connectivity index (χ2v) is 9.39.